The normalized spacial score (nSPS) is 9.85. The molecule has 0 radical (unpaired) electrons. The molecule has 3 aromatic carbocycles. The molecule has 0 aliphatic carbocycles. The zero-order valence-corrected chi connectivity index (χ0v) is 15.0. The van der Waals surface area contributed by atoms with E-state index in [9.17, 15) is 0 Å². The molecule has 0 bridgehead atoms. The molecule has 0 heterocycles. The van der Waals surface area contributed by atoms with Gasteiger partial charge in [-0.1, -0.05) is 66.7 Å². The van der Waals surface area contributed by atoms with Gasteiger partial charge in [0.05, 0.1) is 0 Å². The van der Waals surface area contributed by atoms with Crippen LogP contribution < -0.4 is 5.73 Å². The highest BCUT2D eigenvalue weighted by molar-refractivity contribution is 7.99. The summed E-state index contributed by atoms with van der Waals surface area (Å²) >= 11 is 1.63. The van der Waals surface area contributed by atoms with E-state index < -0.39 is 0 Å². The Hall–Kier alpha value is -3.22. The fourth-order valence-corrected chi connectivity index (χ4v) is 3.42. The molecule has 3 N–H and O–H groups in total. The fourth-order valence-electron chi connectivity index (χ4n) is 2.42. The molecule has 26 heavy (non-hydrogen) atoms. The molecule has 0 unspecified atom stereocenters. The summed E-state index contributed by atoms with van der Waals surface area (Å²) in [5, 5.41) is 8.20. The molecule has 0 aromatic heterocycles. The molecule has 0 atom stereocenters. The lowest BCUT2D eigenvalue weighted by atomic mass is 10.1. The van der Waals surface area contributed by atoms with Crippen molar-refractivity contribution in [3.8, 4) is 11.8 Å². The van der Waals surface area contributed by atoms with Crippen molar-refractivity contribution >= 4 is 29.2 Å². The van der Waals surface area contributed by atoms with Crippen LogP contribution in [0.25, 0.3) is 6.08 Å². The summed E-state index contributed by atoms with van der Waals surface area (Å²) in [5.41, 5.74) is 9.56. The summed E-state index contributed by atoms with van der Waals surface area (Å²) in [5.74, 6) is 5.87. The van der Waals surface area contributed by atoms with Crippen LogP contribution in [-0.4, -0.2) is 5.71 Å². The van der Waals surface area contributed by atoms with Crippen LogP contribution in [0.2, 0.25) is 0 Å². The number of nitrogens with one attached hydrogen (secondary N) is 1. The highest BCUT2D eigenvalue weighted by Crippen LogP contribution is 2.32. The fraction of sp³-hybridized carbons (Fsp3) is 0. The maximum atomic E-state index is 8.20. The Kier molecular flexibility index (Phi) is 5.58. The molecule has 0 aliphatic heterocycles. The number of benzene rings is 3. The van der Waals surface area contributed by atoms with Gasteiger partial charge in [-0.3, -0.25) is 5.41 Å². The Morgan fingerprint density at radius 2 is 1.73 bits per heavy atom. The standard InChI is InChI=1S/C23H18N2S/c1-2-18-10-6-7-11-23(18)26-19-13-14-20(22(25)16-19)21(24)15-12-17-8-4-3-5-9-17/h2-11,13-14,16,24H,1,25H2. The van der Waals surface area contributed by atoms with Crippen LogP contribution in [0.5, 0.6) is 0 Å². The zero-order chi connectivity index (χ0) is 18.4. The summed E-state index contributed by atoms with van der Waals surface area (Å²) in [6, 6.07) is 23.4. The van der Waals surface area contributed by atoms with Gasteiger partial charge in [0.2, 0.25) is 0 Å². The van der Waals surface area contributed by atoms with E-state index in [4.69, 9.17) is 11.1 Å². The van der Waals surface area contributed by atoms with E-state index in [0.717, 1.165) is 20.9 Å². The highest BCUT2D eigenvalue weighted by Gasteiger charge is 2.07. The Bertz CT molecular complexity index is 1010. The Morgan fingerprint density at radius 1 is 1.00 bits per heavy atom. The lowest BCUT2D eigenvalue weighted by Gasteiger charge is -2.08. The number of hydrogen-bond acceptors (Lipinski definition) is 3. The molecule has 2 nitrogen and oxygen atoms in total. The van der Waals surface area contributed by atoms with Crippen LogP contribution in [0.3, 0.4) is 0 Å². The van der Waals surface area contributed by atoms with E-state index in [1.54, 1.807) is 11.8 Å². The summed E-state index contributed by atoms with van der Waals surface area (Å²) < 4.78 is 0. The van der Waals surface area contributed by atoms with Gasteiger partial charge >= 0.3 is 0 Å². The van der Waals surface area contributed by atoms with Crippen LogP contribution >= 0.6 is 11.8 Å². The summed E-state index contributed by atoms with van der Waals surface area (Å²) in [4.78, 5) is 2.14. The second-order valence-corrected chi connectivity index (χ2v) is 6.70. The second kappa shape index (κ2) is 8.24. The minimum Gasteiger partial charge on any atom is -0.398 e. The molecule has 0 fully saturated rings. The molecule has 0 spiro atoms. The van der Waals surface area contributed by atoms with Gasteiger partial charge in [0.15, 0.2) is 0 Å². The maximum absolute atomic E-state index is 8.20. The molecule has 0 saturated heterocycles. The quantitative estimate of drug-likeness (QED) is 0.370. The van der Waals surface area contributed by atoms with Gasteiger partial charge in [-0.05, 0) is 47.9 Å². The first kappa shape index (κ1) is 17.6. The van der Waals surface area contributed by atoms with Crippen molar-refractivity contribution in [1.82, 2.24) is 0 Å². The van der Waals surface area contributed by atoms with Crippen molar-refractivity contribution in [1.29, 1.82) is 5.41 Å². The molecule has 3 heteroatoms. The third-order valence-corrected chi connectivity index (χ3v) is 4.85. The van der Waals surface area contributed by atoms with E-state index in [1.165, 1.54) is 0 Å². The van der Waals surface area contributed by atoms with Crippen LogP contribution in [0.4, 0.5) is 5.69 Å². The third-order valence-electron chi connectivity index (χ3n) is 3.76. The van der Waals surface area contributed by atoms with Gasteiger partial charge in [0, 0.05) is 26.6 Å². The SMILES string of the molecule is C=Cc1ccccc1Sc1ccc(C(=N)C#Cc2ccccc2)c(N)c1. The van der Waals surface area contributed by atoms with Crippen molar-refractivity contribution in [3.05, 3.63) is 96.1 Å². The van der Waals surface area contributed by atoms with Crippen molar-refractivity contribution in [2.75, 3.05) is 5.73 Å². The van der Waals surface area contributed by atoms with Gasteiger partial charge in [-0.2, -0.15) is 0 Å². The van der Waals surface area contributed by atoms with Crippen molar-refractivity contribution in [2.24, 2.45) is 0 Å². The van der Waals surface area contributed by atoms with Gasteiger partial charge in [-0.15, -0.1) is 0 Å². The molecule has 0 amide bonds. The predicted molar refractivity (Wildman–Crippen MR) is 112 cm³/mol. The molecular weight excluding hydrogens is 336 g/mol. The number of rotatable bonds is 4. The van der Waals surface area contributed by atoms with Crippen molar-refractivity contribution < 1.29 is 0 Å². The van der Waals surface area contributed by atoms with Gasteiger partial charge < -0.3 is 5.73 Å². The lowest BCUT2D eigenvalue weighted by Crippen LogP contribution is -2.01. The van der Waals surface area contributed by atoms with Crippen LogP contribution in [0.1, 0.15) is 16.7 Å². The van der Waals surface area contributed by atoms with Crippen LogP contribution in [0, 0.1) is 17.3 Å². The van der Waals surface area contributed by atoms with Gasteiger partial charge in [0.25, 0.3) is 0 Å². The summed E-state index contributed by atoms with van der Waals surface area (Å²) in [6.45, 7) is 3.85. The summed E-state index contributed by atoms with van der Waals surface area (Å²) in [7, 11) is 0. The zero-order valence-electron chi connectivity index (χ0n) is 14.2. The van der Waals surface area contributed by atoms with Crippen LogP contribution in [0.15, 0.2) is 89.2 Å². The number of anilines is 1. The Morgan fingerprint density at radius 3 is 2.46 bits per heavy atom. The molecule has 0 aliphatic rings. The van der Waals surface area contributed by atoms with E-state index in [-0.39, 0.29) is 5.71 Å². The maximum Gasteiger partial charge on any atom is 0.114 e. The third kappa shape index (κ3) is 4.24. The largest absolute Gasteiger partial charge is 0.398 e. The van der Waals surface area contributed by atoms with Crippen molar-refractivity contribution in [2.45, 2.75) is 9.79 Å². The minimum atomic E-state index is 0.217. The van der Waals surface area contributed by atoms with E-state index in [1.807, 2.05) is 72.8 Å². The Labute approximate surface area is 158 Å². The molecule has 126 valence electrons. The minimum absolute atomic E-state index is 0.217. The predicted octanol–water partition coefficient (Wildman–Crippen LogP) is 5.48. The molecular formula is C23H18N2S. The topological polar surface area (TPSA) is 49.9 Å². The van der Waals surface area contributed by atoms with E-state index in [0.29, 0.717) is 11.3 Å². The summed E-state index contributed by atoms with van der Waals surface area (Å²) in [6.07, 6.45) is 1.84. The lowest BCUT2D eigenvalue weighted by molar-refractivity contribution is 1.38. The average molecular weight is 354 g/mol. The first-order valence-electron chi connectivity index (χ1n) is 8.12. The van der Waals surface area contributed by atoms with Crippen molar-refractivity contribution in [3.63, 3.8) is 0 Å². The van der Waals surface area contributed by atoms with Crippen LogP contribution in [-0.2, 0) is 0 Å². The van der Waals surface area contributed by atoms with Gasteiger partial charge in [-0.25, -0.2) is 0 Å². The van der Waals surface area contributed by atoms with E-state index in [2.05, 4.69) is 24.5 Å². The Balaban J connectivity index is 1.80. The first-order valence-corrected chi connectivity index (χ1v) is 8.94. The van der Waals surface area contributed by atoms with Gasteiger partial charge in [0.1, 0.15) is 5.71 Å². The number of nitrogen functional groups attached to an aromatic ring is 1. The first-order chi connectivity index (χ1) is 12.7. The molecule has 0 saturated carbocycles. The highest BCUT2D eigenvalue weighted by atomic mass is 32.2. The second-order valence-electron chi connectivity index (χ2n) is 5.58. The molecule has 3 aromatic rings. The van der Waals surface area contributed by atoms with E-state index >= 15 is 0 Å². The smallest absolute Gasteiger partial charge is 0.114 e. The number of hydrogen-bond donors (Lipinski definition) is 2. The monoisotopic (exact) mass is 354 g/mol. The molecule has 3 rings (SSSR count). The average Bonchev–Trinajstić information content (AvgIpc) is 2.67. The number of nitrogens with two attached hydrogens (primary N) is 1.